The summed E-state index contributed by atoms with van der Waals surface area (Å²) < 4.78 is 0. The molecule has 1 radical (unpaired) electrons. The molecule has 0 N–H and O–H groups in total. The topological polar surface area (TPSA) is 52.0 Å². The Morgan fingerprint density at radius 3 is 1.52 bits per heavy atom. The molecule has 9 heteroatoms. The van der Waals surface area contributed by atoms with E-state index in [4.69, 9.17) is 16.3 Å². The maximum Gasteiger partial charge on any atom is 0.381 e. The quantitative estimate of drug-likeness (QED) is 0.229. The molecule has 0 aromatic carbocycles. The zero-order valence-electron chi connectivity index (χ0n) is 21.0. The van der Waals surface area contributed by atoms with Crippen molar-refractivity contribution in [1.82, 2.24) is 14.8 Å². The zero-order valence-corrected chi connectivity index (χ0v) is 24.4. The Morgan fingerprint density at radius 2 is 1.29 bits per heavy atom. The number of allylic oxidation sites excluding steroid dienone is 3. The molecule has 183 valence electrons. The standard InChI is InChI=1S/C15H28BN6.C4H6.C3H9P.Ir/c1-10-7-13(4)20(17-10)16(21-14(5)8-11(2)18-21)22-15(6)9-12(3)19-22;1-3-4-2;1-4(2)3;/h7,10-12,14-15H,8-9H2,1-6H3;3-4H,1-2H2;1-3H3;/q-3;-2;;/p+1. The fraction of sp³-hybridized carbons (Fsp3) is 0.727. The molecule has 0 spiro atoms. The molecule has 31 heavy (non-hydrogen) atoms. The molecule has 2 saturated heterocycles. The minimum Gasteiger partial charge on any atom is -0.601 e. The van der Waals surface area contributed by atoms with E-state index >= 15 is 0 Å². The van der Waals surface area contributed by atoms with E-state index in [0.717, 1.165) is 12.8 Å². The molecular weight excluding hydrogens is 582 g/mol. The van der Waals surface area contributed by atoms with Crippen LogP contribution in [0.2, 0.25) is 0 Å². The van der Waals surface area contributed by atoms with Crippen molar-refractivity contribution < 1.29 is 20.1 Å². The minimum absolute atomic E-state index is 0. The fourth-order valence-electron chi connectivity index (χ4n) is 3.89. The Hall–Kier alpha value is -0.0357. The van der Waals surface area contributed by atoms with Gasteiger partial charge in [-0.05, 0) is 32.6 Å². The number of hydrogen-bond donors (Lipinski definition) is 0. The molecule has 3 rings (SSSR count). The first kappa shape index (κ1) is 31.0. The third kappa shape index (κ3) is 9.77. The third-order valence-corrected chi connectivity index (χ3v) is 4.94. The van der Waals surface area contributed by atoms with Crippen LogP contribution in [0.5, 0.6) is 0 Å². The molecule has 0 aliphatic carbocycles. The molecule has 3 heterocycles. The number of rotatable bonds is 3. The van der Waals surface area contributed by atoms with Crippen LogP contribution in [-0.2, 0) is 20.1 Å². The fourth-order valence-corrected chi connectivity index (χ4v) is 3.89. The second kappa shape index (κ2) is 15.0. The van der Waals surface area contributed by atoms with Gasteiger partial charge in [-0.25, -0.2) is 0 Å². The normalized spacial score (nSPS) is 31.1. The summed E-state index contributed by atoms with van der Waals surface area (Å²) in [7, 11) is 0.0936. The molecule has 5 unspecified atom stereocenters. The van der Waals surface area contributed by atoms with Gasteiger partial charge in [0, 0.05) is 40.1 Å². The Kier molecular flexibility index (Phi) is 15.0. The summed E-state index contributed by atoms with van der Waals surface area (Å²) in [5, 5.41) is 0. The molecule has 3 aliphatic heterocycles. The van der Waals surface area contributed by atoms with Crippen LogP contribution >= 0.6 is 7.92 Å². The van der Waals surface area contributed by atoms with Gasteiger partial charge in [0.1, 0.15) is 0 Å². The Balaban J connectivity index is 0.000000867. The van der Waals surface area contributed by atoms with Crippen LogP contribution in [-0.4, -0.2) is 72.1 Å². The van der Waals surface area contributed by atoms with Crippen molar-refractivity contribution in [3.05, 3.63) is 54.0 Å². The van der Waals surface area contributed by atoms with E-state index in [0.29, 0.717) is 24.2 Å². The van der Waals surface area contributed by atoms with E-state index < -0.39 is 0 Å². The van der Waals surface area contributed by atoms with Gasteiger partial charge in [0.2, 0.25) is 0 Å². The van der Waals surface area contributed by atoms with Gasteiger partial charge in [-0.2, -0.15) is 0 Å². The Morgan fingerprint density at radius 1 is 0.903 bits per heavy atom. The zero-order chi connectivity index (χ0) is 23.0. The maximum atomic E-state index is 4.88. The van der Waals surface area contributed by atoms with Crippen molar-refractivity contribution in [3.63, 3.8) is 0 Å². The second-order valence-electron chi connectivity index (χ2n) is 9.18. The predicted octanol–water partition coefficient (Wildman–Crippen LogP) is 5.71. The summed E-state index contributed by atoms with van der Waals surface area (Å²) in [5.41, 5.74) is 15.8. The summed E-state index contributed by atoms with van der Waals surface area (Å²) >= 11 is 0. The van der Waals surface area contributed by atoms with Crippen LogP contribution in [0.25, 0.3) is 16.3 Å². The largest absolute Gasteiger partial charge is 0.601 e. The van der Waals surface area contributed by atoms with Crippen molar-refractivity contribution in [1.29, 1.82) is 0 Å². The monoisotopic (exact) mass is 627 g/mol. The summed E-state index contributed by atoms with van der Waals surface area (Å²) in [6, 6.07) is 1.80. The Labute approximate surface area is 208 Å². The second-order valence-corrected chi connectivity index (χ2v) is 12.2. The first-order chi connectivity index (χ1) is 14.0. The first-order valence-corrected chi connectivity index (χ1v) is 14.2. The van der Waals surface area contributed by atoms with Crippen molar-refractivity contribution in [2.24, 2.45) is 0 Å². The molecule has 0 bridgehead atoms. The van der Waals surface area contributed by atoms with Gasteiger partial charge >= 0.3 is 7.12 Å². The summed E-state index contributed by atoms with van der Waals surface area (Å²) in [5.74, 6) is 0. The summed E-state index contributed by atoms with van der Waals surface area (Å²) in [6.07, 6.45) is 7.68. The van der Waals surface area contributed by atoms with Crippen LogP contribution in [0.1, 0.15) is 54.4 Å². The third-order valence-electron chi connectivity index (χ3n) is 4.94. The van der Waals surface area contributed by atoms with Gasteiger partial charge in [0.25, 0.3) is 0 Å². The first-order valence-electron chi connectivity index (χ1n) is 11.2. The minimum atomic E-state index is -0.0268. The molecule has 0 aromatic rings. The van der Waals surface area contributed by atoms with Gasteiger partial charge < -0.3 is 57.0 Å². The van der Waals surface area contributed by atoms with Gasteiger partial charge in [-0.3, -0.25) is 0 Å². The van der Waals surface area contributed by atoms with Gasteiger partial charge in [-0.1, -0.05) is 53.5 Å². The number of nitrogens with zero attached hydrogens (tertiary/aromatic N) is 6. The van der Waals surface area contributed by atoms with E-state index in [1.54, 1.807) is 12.2 Å². The van der Waals surface area contributed by atoms with Crippen molar-refractivity contribution >= 4 is 15.0 Å². The smallest absolute Gasteiger partial charge is 0.381 e. The molecule has 0 saturated carbocycles. The van der Waals surface area contributed by atoms with Crippen molar-refractivity contribution in [3.8, 4) is 0 Å². The SMILES string of the molecule is CC1=CC(C)[N-]N1B(N1[N-]C(C)CC1C)N1[N-]C(C)CC1C.C[PH+](C)C.[CH2-]C=C[CH2-].[Ir]. The van der Waals surface area contributed by atoms with E-state index in [1.165, 1.54) is 5.70 Å². The molecular formula is C22H44BIrN6P-4. The van der Waals surface area contributed by atoms with Crippen LogP contribution in [0, 0.1) is 13.8 Å². The molecule has 0 aromatic heterocycles. The average Bonchev–Trinajstić information content (AvgIpc) is 3.25. The summed E-state index contributed by atoms with van der Waals surface area (Å²) in [6.45, 7) is 26.7. The average molecular weight is 627 g/mol. The van der Waals surface area contributed by atoms with Crippen LogP contribution in [0.4, 0.5) is 0 Å². The van der Waals surface area contributed by atoms with E-state index in [2.05, 4.69) is 96.2 Å². The van der Waals surface area contributed by atoms with Gasteiger partial charge in [0.15, 0.2) is 0 Å². The van der Waals surface area contributed by atoms with Crippen LogP contribution in [0.3, 0.4) is 0 Å². The van der Waals surface area contributed by atoms with Crippen LogP contribution < -0.4 is 0 Å². The number of hydrogen-bond acceptors (Lipinski definition) is 3. The molecule has 2 fully saturated rings. The van der Waals surface area contributed by atoms with E-state index in [1.807, 2.05) is 0 Å². The van der Waals surface area contributed by atoms with Crippen LogP contribution in [0.15, 0.2) is 23.9 Å². The molecule has 5 atom stereocenters. The van der Waals surface area contributed by atoms with E-state index in [9.17, 15) is 0 Å². The van der Waals surface area contributed by atoms with Crippen molar-refractivity contribution in [2.75, 3.05) is 20.0 Å². The maximum absolute atomic E-state index is 4.88. The Bertz CT molecular complexity index is 533. The predicted molar refractivity (Wildman–Crippen MR) is 138 cm³/mol. The van der Waals surface area contributed by atoms with Gasteiger partial charge in [0.05, 0.1) is 0 Å². The summed E-state index contributed by atoms with van der Waals surface area (Å²) in [4.78, 5) is 6.57. The van der Waals surface area contributed by atoms with Crippen molar-refractivity contribution in [2.45, 2.75) is 84.6 Å². The molecule has 3 aliphatic rings. The van der Waals surface area contributed by atoms with E-state index in [-0.39, 0.29) is 41.2 Å². The molecule has 0 amide bonds. The van der Waals surface area contributed by atoms with Gasteiger partial charge in [-0.15, -0.1) is 18.1 Å². The molecule has 6 nitrogen and oxygen atoms in total.